The van der Waals surface area contributed by atoms with Gasteiger partial charge in [-0.15, -0.1) is 0 Å². The molecule has 0 fully saturated rings. The Morgan fingerprint density at radius 2 is 1.65 bits per heavy atom. The average molecular weight is 228 g/mol. The molecule has 88 valence electrons. The van der Waals surface area contributed by atoms with Gasteiger partial charge in [0.05, 0.1) is 0 Å². The van der Waals surface area contributed by atoms with Crippen LogP contribution < -0.4 is 10.6 Å². The normalized spacial score (nSPS) is 16.4. The van der Waals surface area contributed by atoms with Crippen molar-refractivity contribution < 1.29 is 5.11 Å². The molecule has 0 radical (unpaired) electrons. The number of hydrogen-bond acceptors (Lipinski definition) is 3. The van der Waals surface area contributed by atoms with Crippen molar-refractivity contribution in [2.75, 3.05) is 17.2 Å². The monoisotopic (exact) mass is 228 g/mol. The summed E-state index contributed by atoms with van der Waals surface area (Å²) in [5, 5.41) is 18.5. The summed E-state index contributed by atoms with van der Waals surface area (Å²) in [7, 11) is 0. The minimum absolute atomic E-state index is 0.161. The molecule has 3 heteroatoms. The van der Waals surface area contributed by atoms with Gasteiger partial charge < -0.3 is 15.7 Å². The predicted octanol–water partition coefficient (Wildman–Crippen LogP) is 2.78. The third kappa shape index (κ3) is 1.63. The van der Waals surface area contributed by atoms with Gasteiger partial charge in [-0.25, -0.2) is 0 Å². The van der Waals surface area contributed by atoms with Gasteiger partial charge in [-0.05, 0) is 24.4 Å². The molecule has 3 N–H and O–H groups in total. The second kappa shape index (κ2) is 3.64. The Kier molecular flexibility index (Phi) is 2.23. The summed E-state index contributed by atoms with van der Waals surface area (Å²) in [6.45, 7) is 2.23. The zero-order chi connectivity index (χ0) is 11.9. The topological polar surface area (TPSA) is 44.3 Å². The number of hydrogen-bond donors (Lipinski definition) is 3. The zero-order valence-corrected chi connectivity index (χ0v) is 9.83. The summed E-state index contributed by atoms with van der Waals surface area (Å²) in [5.41, 5.74) is 1.98. The van der Waals surface area contributed by atoms with E-state index in [0.29, 0.717) is 6.42 Å². The van der Waals surface area contributed by atoms with Crippen molar-refractivity contribution in [2.45, 2.75) is 19.0 Å². The van der Waals surface area contributed by atoms with Gasteiger partial charge in [-0.1, -0.05) is 24.3 Å². The van der Waals surface area contributed by atoms with Crippen molar-refractivity contribution in [3.8, 4) is 0 Å². The summed E-state index contributed by atoms with van der Waals surface area (Å²) in [6.07, 6.45) is 0.664. The van der Waals surface area contributed by atoms with Gasteiger partial charge in [0.2, 0.25) is 0 Å². The molecule has 1 aliphatic heterocycles. The minimum atomic E-state index is -0.280. The van der Waals surface area contributed by atoms with Crippen molar-refractivity contribution in [3.05, 3.63) is 36.4 Å². The van der Waals surface area contributed by atoms with Gasteiger partial charge in [0.1, 0.15) is 5.66 Å². The molecule has 0 bridgehead atoms. The Balaban J connectivity index is 2.17. The van der Waals surface area contributed by atoms with E-state index in [1.54, 1.807) is 0 Å². The third-order valence-electron chi connectivity index (χ3n) is 3.34. The first-order valence-corrected chi connectivity index (χ1v) is 5.91. The fourth-order valence-electron chi connectivity index (χ4n) is 2.52. The van der Waals surface area contributed by atoms with Crippen LogP contribution >= 0.6 is 0 Å². The average Bonchev–Trinajstić information content (AvgIpc) is 2.29. The molecule has 0 saturated carbocycles. The van der Waals surface area contributed by atoms with E-state index in [9.17, 15) is 0 Å². The maximum absolute atomic E-state index is 9.15. The number of nitrogens with one attached hydrogen (secondary N) is 2. The maximum Gasteiger partial charge on any atom is 0.107 e. The van der Waals surface area contributed by atoms with Crippen LogP contribution in [0.1, 0.15) is 13.3 Å². The molecule has 0 aromatic heterocycles. The van der Waals surface area contributed by atoms with Crippen LogP contribution in [0.25, 0.3) is 10.8 Å². The van der Waals surface area contributed by atoms with Crippen LogP contribution in [0.3, 0.4) is 0 Å². The van der Waals surface area contributed by atoms with Crippen LogP contribution in [-0.2, 0) is 0 Å². The fourth-order valence-corrected chi connectivity index (χ4v) is 2.52. The molecular weight excluding hydrogens is 212 g/mol. The number of aliphatic hydroxyl groups is 1. The van der Waals surface area contributed by atoms with E-state index in [1.807, 2.05) is 0 Å². The SMILES string of the molecule is CC1(CCO)Nc2cccc3cccc(c23)N1. The van der Waals surface area contributed by atoms with E-state index >= 15 is 0 Å². The highest BCUT2D eigenvalue weighted by Crippen LogP contribution is 2.38. The molecule has 2 aromatic rings. The summed E-state index contributed by atoms with van der Waals surface area (Å²) in [4.78, 5) is 0. The van der Waals surface area contributed by atoms with Gasteiger partial charge in [-0.3, -0.25) is 0 Å². The first-order chi connectivity index (χ1) is 8.22. The first-order valence-electron chi connectivity index (χ1n) is 5.91. The van der Waals surface area contributed by atoms with Gasteiger partial charge in [0, 0.05) is 29.8 Å². The second-order valence-electron chi connectivity index (χ2n) is 4.76. The molecule has 0 saturated heterocycles. The summed E-state index contributed by atoms with van der Waals surface area (Å²) in [6, 6.07) is 12.5. The minimum Gasteiger partial charge on any atom is -0.396 e. The lowest BCUT2D eigenvalue weighted by molar-refractivity contribution is 0.263. The molecule has 1 aliphatic rings. The van der Waals surface area contributed by atoms with Crippen molar-refractivity contribution in [1.82, 2.24) is 0 Å². The first kappa shape index (κ1) is 10.4. The summed E-state index contributed by atoms with van der Waals surface area (Å²) >= 11 is 0. The van der Waals surface area contributed by atoms with Crippen LogP contribution in [0.4, 0.5) is 11.4 Å². The largest absolute Gasteiger partial charge is 0.396 e. The fraction of sp³-hybridized carbons (Fsp3) is 0.286. The van der Waals surface area contributed by atoms with Crippen molar-refractivity contribution in [1.29, 1.82) is 0 Å². The Labute approximate surface area is 100 Å². The molecular formula is C14H16N2O. The third-order valence-corrected chi connectivity index (χ3v) is 3.34. The highest BCUT2D eigenvalue weighted by molar-refractivity contribution is 6.05. The molecule has 1 heterocycles. The molecule has 0 atom stereocenters. The number of anilines is 2. The predicted molar refractivity (Wildman–Crippen MR) is 71.3 cm³/mol. The molecule has 3 rings (SSSR count). The van der Waals surface area contributed by atoms with Crippen LogP contribution in [0, 0.1) is 0 Å². The van der Waals surface area contributed by atoms with E-state index in [0.717, 1.165) is 11.4 Å². The van der Waals surface area contributed by atoms with E-state index < -0.39 is 0 Å². The van der Waals surface area contributed by atoms with Crippen LogP contribution in [-0.4, -0.2) is 17.4 Å². The van der Waals surface area contributed by atoms with Crippen LogP contribution in [0.2, 0.25) is 0 Å². The Hall–Kier alpha value is -1.74. The number of aliphatic hydroxyl groups excluding tert-OH is 1. The molecule has 2 aromatic carbocycles. The van der Waals surface area contributed by atoms with Crippen molar-refractivity contribution >= 4 is 22.1 Å². The maximum atomic E-state index is 9.15. The lowest BCUT2D eigenvalue weighted by Crippen LogP contribution is -2.45. The zero-order valence-electron chi connectivity index (χ0n) is 9.83. The van der Waals surface area contributed by atoms with Crippen LogP contribution in [0.5, 0.6) is 0 Å². The van der Waals surface area contributed by atoms with Gasteiger partial charge in [0.25, 0.3) is 0 Å². The molecule has 3 nitrogen and oxygen atoms in total. The van der Waals surface area contributed by atoms with Crippen LogP contribution in [0.15, 0.2) is 36.4 Å². The highest BCUT2D eigenvalue weighted by Gasteiger charge is 2.28. The Morgan fingerprint density at radius 3 is 2.18 bits per heavy atom. The lowest BCUT2D eigenvalue weighted by Gasteiger charge is -2.38. The summed E-state index contributed by atoms with van der Waals surface area (Å²) in [5.74, 6) is 0. The smallest absolute Gasteiger partial charge is 0.107 e. The van der Waals surface area contributed by atoms with Gasteiger partial charge in [0.15, 0.2) is 0 Å². The lowest BCUT2D eigenvalue weighted by atomic mass is 9.98. The van der Waals surface area contributed by atoms with Gasteiger partial charge in [-0.2, -0.15) is 0 Å². The van der Waals surface area contributed by atoms with E-state index in [-0.39, 0.29) is 12.3 Å². The second-order valence-corrected chi connectivity index (χ2v) is 4.76. The van der Waals surface area contributed by atoms with E-state index in [1.165, 1.54) is 10.8 Å². The number of benzene rings is 2. The molecule has 0 unspecified atom stereocenters. The summed E-state index contributed by atoms with van der Waals surface area (Å²) < 4.78 is 0. The molecule has 0 spiro atoms. The Morgan fingerprint density at radius 1 is 1.06 bits per heavy atom. The standard InChI is InChI=1S/C14H16N2O/c1-14(8-9-17)15-11-6-2-4-10-5-3-7-12(16-14)13(10)11/h2-7,15-17H,8-9H2,1H3. The highest BCUT2D eigenvalue weighted by atomic mass is 16.3. The van der Waals surface area contributed by atoms with Crippen molar-refractivity contribution in [3.63, 3.8) is 0 Å². The molecule has 0 aliphatic carbocycles. The van der Waals surface area contributed by atoms with E-state index in [4.69, 9.17) is 5.11 Å². The van der Waals surface area contributed by atoms with Crippen molar-refractivity contribution in [2.24, 2.45) is 0 Å². The number of rotatable bonds is 2. The van der Waals surface area contributed by atoms with E-state index in [2.05, 4.69) is 54.0 Å². The molecule has 17 heavy (non-hydrogen) atoms. The Bertz CT molecular complexity index is 524. The quantitative estimate of drug-likeness (QED) is 0.740. The molecule has 0 amide bonds. The van der Waals surface area contributed by atoms with Gasteiger partial charge >= 0.3 is 0 Å².